The Hall–Kier alpha value is -3.29. The van der Waals surface area contributed by atoms with Gasteiger partial charge in [0.2, 0.25) is 11.9 Å². The van der Waals surface area contributed by atoms with Crippen LogP contribution in [0.5, 0.6) is 11.5 Å². The van der Waals surface area contributed by atoms with Crippen LogP contribution in [0.25, 0.3) is 5.65 Å². The third-order valence-corrected chi connectivity index (χ3v) is 5.37. The van der Waals surface area contributed by atoms with Crippen LogP contribution in [0, 0.1) is 5.92 Å². The number of anilines is 1. The molecule has 1 unspecified atom stereocenters. The fraction of sp³-hybridized carbons (Fsp3) is 0.409. The Morgan fingerprint density at radius 2 is 2.13 bits per heavy atom. The topological polar surface area (TPSA) is 81.0 Å². The van der Waals surface area contributed by atoms with E-state index in [9.17, 15) is 4.79 Å². The molecule has 30 heavy (non-hydrogen) atoms. The van der Waals surface area contributed by atoms with E-state index in [-0.39, 0.29) is 11.8 Å². The Bertz CT molecular complexity index is 1020. The van der Waals surface area contributed by atoms with Crippen LogP contribution in [0.15, 0.2) is 42.6 Å². The highest BCUT2D eigenvalue weighted by Gasteiger charge is 2.28. The second-order valence-corrected chi connectivity index (χ2v) is 7.35. The quantitative estimate of drug-likeness (QED) is 0.646. The molecule has 4 rings (SSSR count). The standard InChI is InChI=1S/C22H27N5O3/c1-3-30-19-13-16(9-10-18(19)29-2)14-23-21(28)17-7-6-11-26(15-17)22-25-24-20-8-4-5-12-27(20)22/h4-5,8-10,12-13,17H,3,6-7,11,14-15H2,1-2H3,(H,23,28). The molecule has 158 valence electrons. The molecule has 2 aromatic heterocycles. The summed E-state index contributed by atoms with van der Waals surface area (Å²) in [4.78, 5) is 15.0. The largest absolute Gasteiger partial charge is 0.493 e. The van der Waals surface area contributed by atoms with Crippen LogP contribution in [0.2, 0.25) is 0 Å². The highest BCUT2D eigenvalue weighted by atomic mass is 16.5. The number of hydrogen-bond donors (Lipinski definition) is 1. The first-order valence-electron chi connectivity index (χ1n) is 10.3. The lowest BCUT2D eigenvalue weighted by atomic mass is 9.97. The number of nitrogens with zero attached hydrogens (tertiary/aromatic N) is 4. The van der Waals surface area contributed by atoms with Crippen molar-refractivity contribution in [2.75, 3.05) is 31.7 Å². The molecule has 0 aliphatic carbocycles. The molecule has 1 fully saturated rings. The summed E-state index contributed by atoms with van der Waals surface area (Å²) in [6, 6.07) is 11.5. The normalized spacial score (nSPS) is 16.5. The average molecular weight is 409 g/mol. The summed E-state index contributed by atoms with van der Waals surface area (Å²) in [6.45, 7) is 4.44. The average Bonchev–Trinajstić information content (AvgIpc) is 3.22. The second kappa shape index (κ2) is 9.02. The van der Waals surface area contributed by atoms with Gasteiger partial charge in [0.15, 0.2) is 17.1 Å². The van der Waals surface area contributed by atoms with Crippen molar-refractivity contribution in [3.63, 3.8) is 0 Å². The summed E-state index contributed by atoms with van der Waals surface area (Å²) in [7, 11) is 1.62. The molecule has 0 radical (unpaired) electrons. The maximum atomic E-state index is 12.8. The van der Waals surface area contributed by atoms with Gasteiger partial charge in [0.25, 0.3) is 0 Å². The van der Waals surface area contributed by atoms with E-state index >= 15 is 0 Å². The van der Waals surface area contributed by atoms with Crippen molar-refractivity contribution < 1.29 is 14.3 Å². The molecule has 3 heterocycles. The van der Waals surface area contributed by atoms with E-state index < -0.39 is 0 Å². The van der Waals surface area contributed by atoms with E-state index in [2.05, 4.69) is 20.4 Å². The number of aromatic nitrogens is 3. The zero-order valence-corrected chi connectivity index (χ0v) is 17.4. The number of amides is 1. The maximum Gasteiger partial charge on any atom is 0.231 e. The number of ether oxygens (including phenoxy) is 2. The van der Waals surface area contributed by atoms with Crippen LogP contribution >= 0.6 is 0 Å². The first-order valence-corrected chi connectivity index (χ1v) is 10.3. The Labute approximate surface area is 175 Å². The Kier molecular flexibility index (Phi) is 6.02. The summed E-state index contributed by atoms with van der Waals surface area (Å²) >= 11 is 0. The van der Waals surface area contributed by atoms with Crippen LogP contribution in [0.3, 0.4) is 0 Å². The number of fused-ring (bicyclic) bond motifs is 1. The first kappa shape index (κ1) is 20.0. The minimum absolute atomic E-state index is 0.0577. The third kappa shape index (κ3) is 4.17. The van der Waals surface area contributed by atoms with Gasteiger partial charge in [-0.3, -0.25) is 9.20 Å². The Morgan fingerprint density at radius 1 is 1.23 bits per heavy atom. The van der Waals surface area contributed by atoms with Crippen LogP contribution in [-0.2, 0) is 11.3 Å². The van der Waals surface area contributed by atoms with Crippen molar-refractivity contribution >= 4 is 17.5 Å². The van der Waals surface area contributed by atoms with E-state index in [0.717, 1.165) is 36.5 Å². The Morgan fingerprint density at radius 3 is 2.97 bits per heavy atom. The van der Waals surface area contributed by atoms with E-state index in [1.54, 1.807) is 7.11 Å². The van der Waals surface area contributed by atoms with Crippen molar-refractivity contribution in [1.29, 1.82) is 0 Å². The lowest BCUT2D eigenvalue weighted by molar-refractivity contribution is -0.125. The summed E-state index contributed by atoms with van der Waals surface area (Å²) < 4.78 is 12.9. The van der Waals surface area contributed by atoms with Gasteiger partial charge in [0, 0.05) is 25.8 Å². The molecule has 1 saturated heterocycles. The summed E-state index contributed by atoms with van der Waals surface area (Å²) in [5.74, 6) is 2.14. The molecule has 1 aliphatic heterocycles. The predicted molar refractivity (Wildman–Crippen MR) is 114 cm³/mol. The van der Waals surface area contributed by atoms with Crippen LogP contribution < -0.4 is 19.7 Å². The van der Waals surface area contributed by atoms with Gasteiger partial charge in [-0.1, -0.05) is 12.1 Å². The minimum Gasteiger partial charge on any atom is -0.493 e. The van der Waals surface area contributed by atoms with Gasteiger partial charge < -0.3 is 19.7 Å². The van der Waals surface area contributed by atoms with Crippen molar-refractivity contribution in [2.45, 2.75) is 26.3 Å². The van der Waals surface area contributed by atoms with Crippen molar-refractivity contribution in [3.05, 3.63) is 48.2 Å². The summed E-state index contributed by atoms with van der Waals surface area (Å²) in [5.41, 5.74) is 1.78. The van der Waals surface area contributed by atoms with Crippen molar-refractivity contribution in [1.82, 2.24) is 19.9 Å². The van der Waals surface area contributed by atoms with Gasteiger partial charge in [-0.05, 0) is 49.6 Å². The van der Waals surface area contributed by atoms with Gasteiger partial charge in [0.05, 0.1) is 19.6 Å². The Balaban J connectivity index is 1.39. The molecule has 0 saturated carbocycles. The molecule has 1 amide bonds. The van der Waals surface area contributed by atoms with E-state index in [1.165, 1.54) is 0 Å². The number of pyridine rings is 1. The summed E-state index contributed by atoms with van der Waals surface area (Å²) in [5, 5.41) is 11.6. The van der Waals surface area contributed by atoms with Gasteiger partial charge in [0.1, 0.15) is 0 Å². The zero-order chi connectivity index (χ0) is 20.9. The number of nitrogens with one attached hydrogen (secondary N) is 1. The number of hydrogen-bond acceptors (Lipinski definition) is 6. The monoisotopic (exact) mass is 409 g/mol. The fourth-order valence-electron chi connectivity index (χ4n) is 3.85. The zero-order valence-electron chi connectivity index (χ0n) is 17.4. The molecule has 0 spiro atoms. The van der Waals surface area contributed by atoms with Gasteiger partial charge >= 0.3 is 0 Å². The van der Waals surface area contributed by atoms with E-state index in [1.807, 2.05) is 53.9 Å². The lowest BCUT2D eigenvalue weighted by Crippen LogP contribution is -2.43. The highest BCUT2D eigenvalue weighted by molar-refractivity contribution is 5.79. The number of benzene rings is 1. The van der Waals surface area contributed by atoms with Gasteiger partial charge in [-0.25, -0.2) is 0 Å². The molecular formula is C22H27N5O3. The predicted octanol–water partition coefficient (Wildman–Crippen LogP) is 2.67. The van der Waals surface area contributed by atoms with E-state index in [4.69, 9.17) is 9.47 Å². The molecule has 8 heteroatoms. The fourth-order valence-corrected chi connectivity index (χ4v) is 3.85. The van der Waals surface area contributed by atoms with Crippen LogP contribution in [0.4, 0.5) is 5.95 Å². The molecular weight excluding hydrogens is 382 g/mol. The number of carbonyl (C=O) groups is 1. The summed E-state index contributed by atoms with van der Waals surface area (Å²) in [6.07, 6.45) is 3.76. The highest BCUT2D eigenvalue weighted by Crippen LogP contribution is 2.28. The molecule has 3 aromatic rings. The maximum absolute atomic E-state index is 12.8. The van der Waals surface area contributed by atoms with Gasteiger partial charge in [-0.2, -0.15) is 0 Å². The van der Waals surface area contributed by atoms with Crippen molar-refractivity contribution in [3.8, 4) is 11.5 Å². The molecule has 8 nitrogen and oxygen atoms in total. The molecule has 1 atom stereocenters. The lowest BCUT2D eigenvalue weighted by Gasteiger charge is -2.32. The first-order chi connectivity index (χ1) is 14.7. The second-order valence-electron chi connectivity index (χ2n) is 7.35. The number of methoxy groups -OCH3 is 1. The minimum atomic E-state index is -0.0839. The van der Waals surface area contributed by atoms with Crippen LogP contribution in [0.1, 0.15) is 25.3 Å². The van der Waals surface area contributed by atoms with Gasteiger partial charge in [-0.15, -0.1) is 10.2 Å². The van der Waals surface area contributed by atoms with Crippen molar-refractivity contribution in [2.24, 2.45) is 5.92 Å². The molecule has 0 bridgehead atoms. The molecule has 1 aliphatic rings. The number of carbonyl (C=O) groups excluding carboxylic acids is 1. The molecule has 1 aromatic carbocycles. The number of rotatable bonds is 7. The SMILES string of the molecule is CCOc1cc(CNC(=O)C2CCCN(c3nnc4ccccn34)C2)ccc1OC. The number of piperidine rings is 1. The van der Waals surface area contributed by atoms with Crippen LogP contribution in [-0.4, -0.2) is 47.3 Å². The molecule has 1 N–H and O–H groups in total. The smallest absolute Gasteiger partial charge is 0.231 e. The van der Waals surface area contributed by atoms with E-state index in [0.29, 0.717) is 31.2 Å². The third-order valence-electron chi connectivity index (χ3n) is 5.37.